The highest BCUT2D eigenvalue weighted by atomic mass is 32.2. The van der Waals surface area contributed by atoms with Crippen LogP contribution in [0.1, 0.15) is 71.0 Å². The molecular formula is C26H35N3OS. The molecule has 0 aliphatic carbocycles. The van der Waals surface area contributed by atoms with Crippen LogP contribution in [0.4, 0.5) is 0 Å². The van der Waals surface area contributed by atoms with Gasteiger partial charge >= 0.3 is 0 Å². The van der Waals surface area contributed by atoms with Crippen LogP contribution in [0, 0.1) is 13.8 Å². The molecule has 0 spiro atoms. The van der Waals surface area contributed by atoms with Gasteiger partial charge in [-0.25, -0.2) is 0 Å². The maximum absolute atomic E-state index is 13.1. The van der Waals surface area contributed by atoms with Crippen molar-refractivity contribution in [2.24, 2.45) is 4.99 Å². The molecule has 0 N–H and O–H groups in total. The highest BCUT2D eigenvalue weighted by molar-refractivity contribution is 8.18. The minimum atomic E-state index is 0.0405. The highest BCUT2D eigenvalue weighted by Gasteiger charge is 2.35. The van der Waals surface area contributed by atoms with Crippen molar-refractivity contribution < 1.29 is 4.79 Å². The Kier molecular flexibility index (Phi) is 6.56. The van der Waals surface area contributed by atoms with E-state index in [1.807, 2.05) is 33.8 Å². The summed E-state index contributed by atoms with van der Waals surface area (Å²) in [4.78, 5) is 20.3. The van der Waals surface area contributed by atoms with Gasteiger partial charge in [0, 0.05) is 29.2 Å². The molecule has 0 unspecified atom stereocenters. The van der Waals surface area contributed by atoms with Crippen LogP contribution in [-0.4, -0.2) is 32.6 Å². The van der Waals surface area contributed by atoms with E-state index in [1.165, 1.54) is 17.3 Å². The summed E-state index contributed by atoms with van der Waals surface area (Å²) in [5.41, 5.74) is 5.95. The Morgan fingerprint density at radius 3 is 2.16 bits per heavy atom. The third kappa shape index (κ3) is 4.82. The molecule has 1 amide bonds. The molecular weight excluding hydrogens is 402 g/mol. The van der Waals surface area contributed by atoms with Gasteiger partial charge in [0.15, 0.2) is 5.17 Å². The normalized spacial score (nSPS) is 17.8. The van der Waals surface area contributed by atoms with Gasteiger partial charge in [-0.3, -0.25) is 14.7 Å². The van der Waals surface area contributed by atoms with Gasteiger partial charge in [-0.15, -0.1) is 0 Å². The van der Waals surface area contributed by atoms with E-state index in [0.29, 0.717) is 0 Å². The van der Waals surface area contributed by atoms with Gasteiger partial charge in [-0.1, -0.05) is 32.9 Å². The highest BCUT2D eigenvalue weighted by Crippen LogP contribution is 2.35. The Morgan fingerprint density at radius 1 is 1.03 bits per heavy atom. The number of rotatable bonds is 4. The van der Waals surface area contributed by atoms with Crippen molar-refractivity contribution >= 4 is 28.9 Å². The minimum Gasteiger partial charge on any atom is -0.318 e. The quantitative estimate of drug-likeness (QED) is 0.513. The van der Waals surface area contributed by atoms with Crippen molar-refractivity contribution in [1.29, 1.82) is 0 Å². The maximum Gasteiger partial charge on any atom is 0.266 e. The molecule has 0 atom stereocenters. The summed E-state index contributed by atoms with van der Waals surface area (Å²) in [6, 6.07) is 11.2. The van der Waals surface area contributed by atoms with Crippen molar-refractivity contribution in [2.75, 3.05) is 0 Å². The summed E-state index contributed by atoms with van der Waals surface area (Å²) in [7, 11) is 0. The largest absolute Gasteiger partial charge is 0.318 e. The molecule has 0 saturated carbocycles. The van der Waals surface area contributed by atoms with Crippen molar-refractivity contribution in [2.45, 2.75) is 79.8 Å². The first-order valence-electron chi connectivity index (χ1n) is 11.0. The molecule has 3 rings (SSSR count). The lowest BCUT2D eigenvalue weighted by atomic mass is 9.87. The molecule has 2 aromatic rings. The molecule has 0 radical (unpaired) electrons. The van der Waals surface area contributed by atoms with Gasteiger partial charge in [-0.05, 0) is 94.1 Å². The van der Waals surface area contributed by atoms with E-state index >= 15 is 0 Å². The average molecular weight is 438 g/mol. The monoisotopic (exact) mass is 437 g/mol. The van der Waals surface area contributed by atoms with Crippen molar-refractivity contribution in [1.82, 2.24) is 9.47 Å². The second-order valence-corrected chi connectivity index (χ2v) is 10.9. The Balaban J connectivity index is 1.99. The lowest BCUT2D eigenvalue weighted by molar-refractivity contribution is -0.123. The number of benzene rings is 1. The topological polar surface area (TPSA) is 37.6 Å². The molecule has 31 heavy (non-hydrogen) atoms. The fraction of sp³-hybridized carbons (Fsp3) is 0.462. The molecule has 1 aromatic heterocycles. The summed E-state index contributed by atoms with van der Waals surface area (Å²) in [6.07, 6.45) is 2.02. The third-order valence-corrected chi connectivity index (χ3v) is 6.47. The Hall–Kier alpha value is -2.27. The minimum absolute atomic E-state index is 0.0405. The first-order valence-corrected chi connectivity index (χ1v) is 11.8. The van der Waals surface area contributed by atoms with Gasteiger partial charge in [0.05, 0.1) is 4.91 Å². The van der Waals surface area contributed by atoms with Crippen molar-refractivity contribution in [3.8, 4) is 5.69 Å². The number of aromatic nitrogens is 1. The van der Waals surface area contributed by atoms with Crippen LogP contribution in [0.2, 0.25) is 0 Å². The van der Waals surface area contributed by atoms with Gasteiger partial charge in [0.25, 0.3) is 5.91 Å². The Morgan fingerprint density at radius 2 is 1.65 bits per heavy atom. The standard InChI is InChI=1S/C26H35N3OS/c1-16(2)27-25-28(17(3)4)24(30)23(31-25)15-20-14-18(5)29(19(20)6)22-12-10-21(11-13-22)26(7,8)9/h10-17H,1-9H3/b23-15+,27-25?. The van der Waals surface area contributed by atoms with Crippen LogP contribution in [0.25, 0.3) is 11.8 Å². The van der Waals surface area contributed by atoms with E-state index in [9.17, 15) is 4.79 Å². The smallest absolute Gasteiger partial charge is 0.266 e. The Bertz CT molecular complexity index is 1030. The zero-order chi connectivity index (χ0) is 23.1. The Labute approximate surface area is 191 Å². The van der Waals surface area contributed by atoms with Gasteiger partial charge in [0.1, 0.15) is 0 Å². The number of nitrogens with zero attached hydrogens (tertiary/aromatic N) is 3. The van der Waals surface area contributed by atoms with E-state index in [2.05, 4.69) is 74.5 Å². The summed E-state index contributed by atoms with van der Waals surface area (Å²) in [5, 5.41) is 0.799. The van der Waals surface area contributed by atoms with Crippen LogP contribution in [0.15, 0.2) is 40.2 Å². The number of hydrogen-bond acceptors (Lipinski definition) is 3. The molecule has 166 valence electrons. The zero-order valence-corrected chi connectivity index (χ0v) is 21.1. The number of carbonyl (C=O) groups excluding carboxylic acids is 1. The fourth-order valence-corrected chi connectivity index (χ4v) is 5.06. The molecule has 1 aromatic carbocycles. The van der Waals surface area contributed by atoms with E-state index < -0.39 is 0 Å². The maximum atomic E-state index is 13.1. The molecule has 1 aliphatic heterocycles. The fourth-order valence-electron chi connectivity index (χ4n) is 3.84. The first-order chi connectivity index (χ1) is 14.4. The second kappa shape index (κ2) is 8.70. The molecule has 4 nitrogen and oxygen atoms in total. The van der Waals surface area contributed by atoms with Crippen LogP contribution in [0.3, 0.4) is 0 Å². The van der Waals surface area contributed by atoms with E-state index in [1.54, 1.807) is 4.90 Å². The number of carbonyl (C=O) groups is 1. The number of amidine groups is 1. The van der Waals surface area contributed by atoms with E-state index in [0.717, 1.165) is 32.7 Å². The van der Waals surface area contributed by atoms with Crippen LogP contribution >= 0.6 is 11.8 Å². The lowest BCUT2D eigenvalue weighted by Gasteiger charge is -2.20. The molecule has 2 heterocycles. The van der Waals surface area contributed by atoms with Gasteiger partial charge in [-0.2, -0.15) is 0 Å². The number of amides is 1. The number of thioether (sulfide) groups is 1. The summed E-state index contributed by atoms with van der Waals surface area (Å²) in [5.74, 6) is 0.0405. The van der Waals surface area contributed by atoms with Crippen molar-refractivity contribution in [3.63, 3.8) is 0 Å². The van der Waals surface area contributed by atoms with Crippen LogP contribution < -0.4 is 0 Å². The van der Waals surface area contributed by atoms with Gasteiger partial charge in [0.2, 0.25) is 0 Å². The predicted octanol–water partition coefficient (Wildman–Crippen LogP) is 6.48. The first kappa shape index (κ1) is 23.4. The lowest BCUT2D eigenvalue weighted by Crippen LogP contribution is -2.35. The third-order valence-electron chi connectivity index (χ3n) is 5.47. The summed E-state index contributed by atoms with van der Waals surface area (Å²) in [6.45, 7) is 19.1. The molecule has 1 saturated heterocycles. The number of aryl methyl sites for hydroxylation is 1. The zero-order valence-electron chi connectivity index (χ0n) is 20.3. The van der Waals surface area contributed by atoms with Crippen LogP contribution in [-0.2, 0) is 10.2 Å². The average Bonchev–Trinajstić information content (AvgIpc) is 3.10. The van der Waals surface area contributed by atoms with E-state index in [4.69, 9.17) is 0 Å². The molecule has 0 bridgehead atoms. The number of hydrogen-bond donors (Lipinski definition) is 0. The number of aliphatic imine (C=N–C) groups is 1. The summed E-state index contributed by atoms with van der Waals surface area (Å²) >= 11 is 1.48. The van der Waals surface area contributed by atoms with E-state index in [-0.39, 0.29) is 23.4 Å². The molecule has 1 fully saturated rings. The summed E-state index contributed by atoms with van der Waals surface area (Å²) < 4.78 is 2.26. The second-order valence-electron chi connectivity index (χ2n) is 9.84. The van der Waals surface area contributed by atoms with Crippen molar-refractivity contribution in [3.05, 3.63) is 57.8 Å². The van der Waals surface area contributed by atoms with Gasteiger partial charge < -0.3 is 4.57 Å². The molecule has 1 aliphatic rings. The van der Waals surface area contributed by atoms with Crippen LogP contribution in [0.5, 0.6) is 0 Å². The predicted molar refractivity (Wildman–Crippen MR) is 134 cm³/mol. The molecule has 5 heteroatoms. The SMILES string of the molecule is Cc1cc(/C=C2/SC(=NC(C)C)N(C(C)C)C2=O)c(C)n1-c1ccc(C(C)(C)C)cc1.